The highest BCUT2D eigenvalue weighted by molar-refractivity contribution is 7.16. The third-order valence-corrected chi connectivity index (χ3v) is 3.59. The molecule has 18 heavy (non-hydrogen) atoms. The van der Waals surface area contributed by atoms with E-state index in [1.165, 1.54) is 11.3 Å². The average Bonchev–Trinajstić information content (AvgIpc) is 2.65. The highest BCUT2D eigenvalue weighted by Crippen LogP contribution is 2.38. The Morgan fingerprint density at radius 3 is 2.61 bits per heavy atom. The minimum Gasteiger partial charge on any atom is -0.462 e. The van der Waals surface area contributed by atoms with E-state index in [1.54, 1.807) is 6.92 Å². The third kappa shape index (κ3) is 2.24. The van der Waals surface area contributed by atoms with E-state index in [2.05, 4.69) is 0 Å². The van der Waals surface area contributed by atoms with Crippen molar-refractivity contribution in [3.05, 3.63) is 40.8 Å². The Balaban J connectivity index is 2.57. The molecular formula is C14H15NO2S. The number of esters is 1. The molecule has 2 N–H and O–H groups in total. The number of nitrogens with two attached hydrogens (primary N) is 1. The van der Waals surface area contributed by atoms with Crippen LogP contribution in [0.2, 0.25) is 0 Å². The van der Waals surface area contributed by atoms with E-state index in [4.69, 9.17) is 10.5 Å². The minimum atomic E-state index is -0.349. The molecule has 1 heterocycles. The van der Waals surface area contributed by atoms with Gasteiger partial charge in [0.05, 0.1) is 6.61 Å². The topological polar surface area (TPSA) is 52.3 Å². The standard InChI is InChI=1S/C14H15NO2S/c1-3-17-14(16)12-11(9(2)18-13(12)15)10-7-5-4-6-8-10/h4-8H,3,15H2,1-2H3. The molecule has 0 fully saturated rings. The number of carbonyl (C=O) groups excluding carboxylic acids is 1. The molecule has 4 heteroatoms. The van der Waals surface area contributed by atoms with Gasteiger partial charge in [-0.1, -0.05) is 30.3 Å². The lowest BCUT2D eigenvalue weighted by molar-refractivity contribution is 0.0529. The maximum Gasteiger partial charge on any atom is 0.341 e. The molecule has 2 rings (SSSR count). The Hall–Kier alpha value is -1.81. The number of aryl methyl sites for hydroxylation is 1. The number of benzene rings is 1. The zero-order chi connectivity index (χ0) is 13.1. The van der Waals surface area contributed by atoms with Gasteiger partial charge in [0.25, 0.3) is 0 Å². The largest absolute Gasteiger partial charge is 0.462 e. The summed E-state index contributed by atoms with van der Waals surface area (Å²) in [7, 11) is 0. The maximum absolute atomic E-state index is 12.0. The molecule has 0 amide bonds. The number of rotatable bonds is 3. The Bertz CT molecular complexity index is 561. The van der Waals surface area contributed by atoms with Crippen LogP contribution in [0.5, 0.6) is 0 Å². The van der Waals surface area contributed by atoms with Crippen LogP contribution < -0.4 is 5.73 Å². The van der Waals surface area contributed by atoms with Gasteiger partial charge in [0, 0.05) is 10.4 Å². The van der Waals surface area contributed by atoms with Crippen LogP contribution in [-0.2, 0) is 4.74 Å². The Morgan fingerprint density at radius 2 is 2.00 bits per heavy atom. The van der Waals surface area contributed by atoms with Crippen molar-refractivity contribution in [1.29, 1.82) is 0 Å². The van der Waals surface area contributed by atoms with Crippen LogP contribution in [0.3, 0.4) is 0 Å². The first-order valence-electron chi connectivity index (χ1n) is 5.76. The first-order chi connectivity index (χ1) is 8.65. The second-order valence-corrected chi connectivity index (χ2v) is 5.12. The second kappa shape index (κ2) is 5.23. The van der Waals surface area contributed by atoms with E-state index >= 15 is 0 Å². The maximum atomic E-state index is 12.0. The highest BCUT2D eigenvalue weighted by atomic mass is 32.1. The number of ether oxygens (including phenoxy) is 1. The molecule has 3 nitrogen and oxygen atoms in total. The molecule has 0 atom stereocenters. The van der Waals surface area contributed by atoms with Crippen molar-refractivity contribution < 1.29 is 9.53 Å². The predicted molar refractivity (Wildman–Crippen MR) is 74.9 cm³/mol. The van der Waals surface area contributed by atoms with Gasteiger partial charge in [0.2, 0.25) is 0 Å². The zero-order valence-corrected chi connectivity index (χ0v) is 11.2. The molecule has 1 aromatic carbocycles. The van der Waals surface area contributed by atoms with E-state index < -0.39 is 0 Å². The fraction of sp³-hybridized carbons (Fsp3) is 0.214. The van der Waals surface area contributed by atoms with Crippen molar-refractivity contribution in [2.75, 3.05) is 12.3 Å². The average molecular weight is 261 g/mol. The van der Waals surface area contributed by atoms with Crippen LogP contribution >= 0.6 is 11.3 Å². The molecule has 0 aliphatic heterocycles. The Labute approximate surface area is 110 Å². The third-order valence-electron chi connectivity index (χ3n) is 2.65. The fourth-order valence-corrected chi connectivity index (χ4v) is 2.86. The van der Waals surface area contributed by atoms with Crippen LogP contribution in [0.25, 0.3) is 11.1 Å². The molecule has 2 aromatic rings. The van der Waals surface area contributed by atoms with E-state index in [1.807, 2.05) is 37.3 Å². The number of thiophene rings is 1. The minimum absolute atomic E-state index is 0.349. The fourth-order valence-electron chi connectivity index (χ4n) is 1.92. The summed E-state index contributed by atoms with van der Waals surface area (Å²) in [6, 6.07) is 9.77. The number of nitrogen functional groups attached to an aromatic ring is 1. The summed E-state index contributed by atoms with van der Waals surface area (Å²) in [5, 5.41) is 0.518. The second-order valence-electron chi connectivity index (χ2n) is 3.86. The summed E-state index contributed by atoms with van der Waals surface area (Å²) < 4.78 is 5.07. The number of hydrogen-bond donors (Lipinski definition) is 1. The van der Waals surface area contributed by atoms with Crippen molar-refractivity contribution in [3.63, 3.8) is 0 Å². The van der Waals surface area contributed by atoms with Crippen LogP contribution in [0, 0.1) is 6.92 Å². The lowest BCUT2D eigenvalue weighted by Gasteiger charge is -2.06. The Morgan fingerprint density at radius 1 is 1.33 bits per heavy atom. The van der Waals surface area contributed by atoms with E-state index in [0.717, 1.165) is 16.0 Å². The Kier molecular flexibility index (Phi) is 3.67. The summed E-state index contributed by atoms with van der Waals surface area (Å²) in [6.07, 6.45) is 0. The van der Waals surface area contributed by atoms with Gasteiger partial charge in [0.1, 0.15) is 10.6 Å². The molecule has 0 unspecified atom stereocenters. The van der Waals surface area contributed by atoms with Gasteiger partial charge >= 0.3 is 5.97 Å². The molecule has 0 radical (unpaired) electrons. The normalized spacial score (nSPS) is 10.3. The van der Waals surface area contributed by atoms with Crippen molar-refractivity contribution in [2.45, 2.75) is 13.8 Å². The van der Waals surface area contributed by atoms with Gasteiger partial charge in [-0.15, -0.1) is 11.3 Å². The van der Waals surface area contributed by atoms with Crippen LogP contribution in [0.4, 0.5) is 5.00 Å². The smallest absolute Gasteiger partial charge is 0.341 e. The summed E-state index contributed by atoms with van der Waals surface area (Å²) in [5.41, 5.74) is 8.30. The molecule has 0 spiro atoms. The van der Waals surface area contributed by atoms with Crippen LogP contribution in [-0.4, -0.2) is 12.6 Å². The highest BCUT2D eigenvalue weighted by Gasteiger charge is 2.22. The first-order valence-corrected chi connectivity index (χ1v) is 6.58. The summed E-state index contributed by atoms with van der Waals surface area (Å²) in [4.78, 5) is 13.0. The van der Waals surface area contributed by atoms with Gasteiger partial charge in [-0.05, 0) is 19.4 Å². The molecule has 0 saturated carbocycles. The summed E-state index contributed by atoms with van der Waals surface area (Å²) in [5.74, 6) is -0.349. The van der Waals surface area contributed by atoms with E-state index in [-0.39, 0.29) is 5.97 Å². The molecule has 94 valence electrons. The van der Waals surface area contributed by atoms with E-state index in [0.29, 0.717) is 17.2 Å². The number of anilines is 1. The lowest BCUT2D eigenvalue weighted by Crippen LogP contribution is -2.07. The summed E-state index contributed by atoms with van der Waals surface area (Å²) in [6.45, 7) is 4.10. The van der Waals surface area contributed by atoms with Gasteiger partial charge < -0.3 is 10.5 Å². The quantitative estimate of drug-likeness (QED) is 0.860. The lowest BCUT2D eigenvalue weighted by atomic mass is 10.0. The van der Waals surface area contributed by atoms with Crippen molar-refractivity contribution >= 4 is 22.3 Å². The van der Waals surface area contributed by atoms with Gasteiger partial charge in [-0.25, -0.2) is 4.79 Å². The molecular weight excluding hydrogens is 246 g/mol. The molecule has 0 aliphatic rings. The predicted octanol–water partition coefficient (Wildman–Crippen LogP) is 3.48. The number of hydrogen-bond acceptors (Lipinski definition) is 4. The molecule has 0 aliphatic carbocycles. The van der Waals surface area contributed by atoms with Crippen LogP contribution in [0.1, 0.15) is 22.2 Å². The van der Waals surface area contributed by atoms with Gasteiger partial charge in [-0.2, -0.15) is 0 Å². The summed E-state index contributed by atoms with van der Waals surface area (Å²) >= 11 is 1.42. The molecule has 0 bridgehead atoms. The molecule has 1 aromatic heterocycles. The van der Waals surface area contributed by atoms with E-state index in [9.17, 15) is 4.79 Å². The molecule has 0 saturated heterocycles. The van der Waals surface area contributed by atoms with Gasteiger partial charge in [-0.3, -0.25) is 0 Å². The van der Waals surface area contributed by atoms with Gasteiger partial charge in [0.15, 0.2) is 0 Å². The monoisotopic (exact) mass is 261 g/mol. The van der Waals surface area contributed by atoms with Crippen LogP contribution in [0.15, 0.2) is 30.3 Å². The van der Waals surface area contributed by atoms with Crippen molar-refractivity contribution in [3.8, 4) is 11.1 Å². The SMILES string of the molecule is CCOC(=O)c1c(N)sc(C)c1-c1ccccc1. The first kappa shape index (κ1) is 12.6. The zero-order valence-electron chi connectivity index (χ0n) is 10.4. The number of carbonyl (C=O) groups is 1. The van der Waals surface area contributed by atoms with Crippen molar-refractivity contribution in [2.24, 2.45) is 0 Å². The van der Waals surface area contributed by atoms with Crippen molar-refractivity contribution in [1.82, 2.24) is 0 Å².